The highest BCUT2D eigenvalue weighted by molar-refractivity contribution is 5.84. The van der Waals surface area contributed by atoms with Crippen LogP contribution in [0.3, 0.4) is 0 Å². The zero-order valence-corrected chi connectivity index (χ0v) is 12.2. The van der Waals surface area contributed by atoms with Crippen LogP contribution in [0, 0.1) is 5.92 Å². The fourth-order valence-electron chi connectivity index (χ4n) is 2.43. The molecule has 0 saturated carbocycles. The van der Waals surface area contributed by atoms with Gasteiger partial charge >= 0.3 is 0 Å². The van der Waals surface area contributed by atoms with E-state index in [1.165, 1.54) is 0 Å². The summed E-state index contributed by atoms with van der Waals surface area (Å²) in [5.74, 6) is 0.684. The topological polar surface area (TPSA) is 41.6 Å². The van der Waals surface area contributed by atoms with E-state index in [1.54, 1.807) is 0 Å². The largest absolute Gasteiger partial charge is 0.380 e. The number of nitrogens with zero attached hydrogens (tertiary/aromatic N) is 1. The van der Waals surface area contributed by atoms with Crippen molar-refractivity contribution in [3.8, 4) is 0 Å². The van der Waals surface area contributed by atoms with Gasteiger partial charge in [0.2, 0.25) is 5.91 Å². The summed E-state index contributed by atoms with van der Waals surface area (Å²) >= 11 is 0. The molecule has 2 atom stereocenters. The molecule has 0 bridgehead atoms. The van der Waals surface area contributed by atoms with E-state index in [9.17, 15) is 4.79 Å². The third-order valence-corrected chi connectivity index (χ3v) is 3.45. The molecule has 1 fully saturated rings. The molecular formula is C14H28N2O2. The van der Waals surface area contributed by atoms with Crippen molar-refractivity contribution in [2.45, 2.75) is 59.2 Å². The fraction of sp³-hybridized carbons (Fsp3) is 0.929. The monoisotopic (exact) mass is 256 g/mol. The average Bonchev–Trinajstić information content (AvgIpc) is 2.65. The molecule has 1 amide bonds. The first-order valence-electron chi connectivity index (χ1n) is 7.26. The van der Waals surface area contributed by atoms with Gasteiger partial charge in [0.1, 0.15) is 0 Å². The molecule has 4 nitrogen and oxygen atoms in total. The van der Waals surface area contributed by atoms with Gasteiger partial charge in [0.05, 0.1) is 18.8 Å². The predicted octanol–water partition coefficient (Wildman–Crippen LogP) is 2.00. The number of rotatable bonds is 8. The van der Waals surface area contributed by atoms with E-state index in [2.05, 4.69) is 26.1 Å². The summed E-state index contributed by atoms with van der Waals surface area (Å²) < 4.78 is 5.37. The first-order valence-corrected chi connectivity index (χ1v) is 7.26. The second kappa shape index (κ2) is 7.74. The number of ether oxygens (including phenoxy) is 1. The normalized spacial score (nSPS) is 24.3. The van der Waals surface area contributed by atoms with E-state index in [0.717, 1.165) is 19.3 Å². The minimum Gasteiger partial charge on any atom is -0.380 e. The lowest BCUT2D eigenvalue weighted by Crippen LogP contribution is -2.43. The minimum absolute atomic E-state index is 0.0129. The van der Waals surface area contributed by atoms with Crippen LogP contribution in [0.25, 0.3) is 0 Å². The van der Waals surface area contributed by atoms with Crippen molar-refractivity contribution in [3.05, 3.63) is 0 Å². The van der Waals surface area contributed by atoms with Crippen LogP contribution in [0.1, 0.15) is 47.0 Å². The highest BCUT2D eigenvalue weighted by Gasteiger charge is 2.39. The molecule has 1 aliphatic rings. The van der Waals surface area contributed by atoms with E-state index in [4.69, 9.17) is 4.74 Å². The third-order valence-electron chi connectivity index (χ3n) is 3.45. The second-order valence-electron chi connectivity index (χ2n) is 5.28. The molecule has 0 spiro atoms. The van der Waals surface area contributed by atoms with Crippen molar-refractivity contribution >= 4 is 5.91 Å². The molecule has 18 heavy (non-hydrogen) atoms. The number of hydrogen-bond donors (Lipinski definition) is 1. The summed E-state index contributed by atoms with van der Waals surface area (Å²) in [5.41, 5.74) is 0. The smallest absolute Gasteiger partial charge is 0.241 e. The zero-order valence-electron chi connectivity index (χ0n) is 12.2. The van der Waals surface area contributed by atoms with Crippen LogP contribution in [-0.2, 0) is 9.53 Å². The summed E-state index contributed by atoms with van der Waals surface area (Å²) in [6.45, 7) is 10.5. The van der Waals surface area contributed by atoms with Gasteiger partial charge in [-0.1, -0.05) is 33.6 Å². The van der Waals surface area contributed by atoms with Gasteiger partial charge < -0.3 is 9.64 Å². The Balaban J connectivity index is 2.56. The first-order chi connectivity index (χ1) is 8.61. The maximum absolute atomic E-state index is 12.3. The molecule has 2 unspecified atom stereocenters. The quantitative estimate of drug-likeness (QED) is 0.675. The molecule has 0 aromatic heterocycles. The van der Waals surface area contributed by atoms with Crippen molar-refractivity contribution < 1.29 is 9.53 Å². The Bertz CT molecular complexity index is 256. The number of amides is 1. The zero-order chi connectivity index (χ0) is 13.5. The molecule has 1 rings (SSSR count). The molecule has 106 valence electrons. The fourth-order valence-corrected chi connectivity index (χ4v) is 2.43. The Hall–Kier alpha value is -0.610. The van der Waals surface area contributed by atoms with Gasteiger partial charge in [0.25, 0.3) is 0 Å². The van der Waals surface area contributed by atoms with Crippen LogP contribution in [-0.4, -0.2) is 42.8 Å². The lowest BCUT2D eigenvalue weighted by molar-refractivity contribution is -0.131. The lowest BCUT2D eigenvalue weighted by atomic mass is 10.1. The van der Waals surface area contributed by atoms with Crippen LogP contribution in [0.4, 0.5) is 0 Å². The first kappa shape index (κ1) is 15.4. The van der Waals surface area contributed by atoms with Gasteiger partial charge in [-0.15, -0.1) is 0 Å². The molecule has 1 N–H and O–H groups in total. The number of unbranched alkanes of at least 4 members (excludes halogenated alkanes) is 1. The summed E-state index contributed by atoms with van der Waals surface area (Å²) in [5, 5.41) is 3.47. The van der Waals surface area contributed by atoms with E-state index in [0.29, 0.717) is 25.7 Å². The van der Waals surface area contributed by atoms with Gasteiger partial charge in [-0.05, 0) is 19.3 Å². The van der Waals surface area contributed by atoms with Gasteiger partial charge in [-0.25, -0.2) is 0 Å². The summed E-state index contributed by atoms with van der Waals surface area (Å²) in [7, 11) is 0. The molecule has 1 aliphatic heterocycles. The van der Waals surface area contributed by atoms with Gasteiger partial charge in [0.15, 0.2) is 0 Å². The maximum Gasteiger partial charge on any atom is 0.241 e. The van der Waals surface area contributed by atoms with Gasteiger partial charge in [-0.3, -0.25) is 10.1 Å². The van der Waals surface area contributed by atoms with Crippen LogP contribution in [0.15, 0.2) is 0 Å². The summed E-state index contributed by atoms with van der Waals surface area (Å²) in [4.78, 5) is 14.3. The SMILES string of the molecule is CCCCC1NC(C(C)C)N(CCOCC)C1=O. The molecule has 0 aromatic rings. The Morgan fingerprint density at radius 3 is 2.67 bits per heavy atom. The van der Waals surface area contributed by atoms with Gasteiger partial charge in [-0.2, -0.15) is 0 Å². The van der Waals surface area contributed by atoms with Crippen molar-refractivity contribution in [1.82, 2.24) is 10.2 Å². The van der Waals surface area contributed by atoms with Crippen molar-refractivity contribution in [2.24, 2.45) is 5.92 Å². The number of carbonyl (C=O) groups excluding carboxylic acids is 1. The standard InChI is InChI=1S/C14H28N2O2/c1-5-7-8-12-14(17)16(9-10-18-6-2)13(15-12)11(3)4/h11-13,15H,5-10H2,1-4H3. The molecule has 4 heteroatoms. The lowest BCUT2D eigenvalue weighted by Gasteiger charge is -2.27. The highest BCUT2D eigenvalue weighted by Crippen LogP contribution is 2.20. The average molecular weight is 256 g/mol. The predicted molar refractivity (Wildman–Crippen MR) is 73.3 cm³/mol. The Labute approximate surface area is 111 Å². The van der Waals surface area contributed by atoms with Crippen LogP contribution < -0.4 is 5.32 Å². The van der Waals surface area contributed by atoms with Crippen molar-refractivity contribution in [2.75, 3.05) is 19.8 Å². The number of carbonyl (C=O) groups is 1. The molecular weight excluding hydrogens is 228 g/mol. The number of hydrogen-bond acceptors (Lipinski definition) is 3. The van der Waals surface area contributed by atoms with Crippen LogP contribution in [0.2, 0.25) is 0 Å². The molecule has 0 aliphatic carbocycles. The van der Waals surface area contributed by atoms with Crippen LogP contribution >= 0.6 is 0 Å². The summed E-state index contributed by atoms with van der Waals surface area (Å²) in [6, 6.07) is 0.0129. The highest BCUT2D eigenvalue weighted by atomic mass is 16.5. The van der Waals surface area contributed by atoms with E-state index in [-0.39, 0.29) is 18.1 Å². The Morgan fingerprint density at radius 1 is 1.39 bits per heavy atom. The van der Waals surface area contributed by atoms with E-state index < -0.39 is 0 Å². The third kappa shape index (κ3) is 3.95. The van der Waals surface area contributed by atoms with Crippen LogP contribution in [0.5, 0.6) is 0 Å². The second-order valence-corrected chi connectivity index (χ2v) is 5.28. The summed E-state index contributed by atoms with van der Waals surface area (Å²) in [6.07, 6.45) is 3.35. The Kier molecular flexibility index (Phi) is 6.65. The molecule has 0 radical (unpaired) electrons. The molecule has 0 aromatic carbocycles. The Morgan fingerprint density at radius 2 is 2.11 bits per heavy atom. The minimum atomic E-state index is 0.0129. The maximum atomic E-state index is 12.3. The number of nitrogens with one attached hydrogen (secondary N) is 1. The van der Waals surface area contributed by atoms with Crippen molar-refractivity contribution in [3.63, 3.8) is 0 Å². The van der Waals surface area contributed by atoms with Gasteiger partial charge in [0, 0.05) is 13.2 Å². The van der Waals surface area contributed by atoms with E-state index in [1.807, 2.05) is 11.8 Å². The van der Waals surface area contributed by atoms with Crippen molar-refractivity contribution in [1.29, 1.82) is 0 Å². The molecule has 1 saturated heterocycles. The molecule has 1 heterocycles. The van der Waals surface area contributed by atoms with E-state index >= 15 is 0 Å².